The molecule has 5 atom stereocenters. The van der Waals surface area contributed by atoms with Gasteiger partial charge in [-0.05, 0) is 78.4 Å². The molecule has 2 aromatic rings. The number of ether oxygens (including phenoxy) is 4. The highest BCUT2D eigenvalue weighted by atomic mass is 32.2. The predicted molar refractivity (Wildman–Crippen MR) is 199 cm³/mol. The molecule has 0 radical (unpaired) electrons. The summed E-state index contributed by atoms with van der Waals surface area (Å²) in [4.78, 5) is 61.5. The third-order valence-corrected chi connectivity index (χ3v) is 12.2. The number of carbonyl (C=O) groups excluding carboxylic acids is 4. The number of aryl methyl sites for hydroxylation is 1. The molecule has 3 fully saturated rings. The van der Waals surface area contributed by atoms with Gasteiger partial charge in [0, 0.05) is 29.4 Å². The van der Waals surface area contributed by atoms with Crippen molar-refractivity contribution in [2.45, 2.75) is 121 Å². The second-order valence-corrected chi connectivity index (χ2v) is 16.8. The SMILES string of the molecule is CCOc1cc(O[C@@H]2C[C@H]3C(=O)N[C@]4(C(=O)NS(=O)(=O)C5CC5)C[C@H]4/C=C\CCCCC[C@H](NC(=O)OC(C)C)C(=O)N3C2)c2ccc(OC)c(C)c2n1. The third kappa shape index (κ3) is 8.53. The summed E-state index contributed by atoms with van der Waals surface area (Å²) in [5.74, 6) is -0.955. The molecule has 54 heavy (non-hydrogen) atoms. The number of methoxy groups -OCH3 is 1. The minimum absolute atomic E-state index is 0.0180. The molecule has 16 heteroatoms. The summed E-state index contributed by atoms with van der Waals surface area (Å²) in [6, 6.07) is 3.19. The molecule has 4 amide bonds. The molecule has 2 aliphatic carbocycles. The minimum atomic E-state index is -3.90. The average molecular weight is 770 g/mol. The summed E-state index contributed by atoms with van der Waals surface area (Å²) < 4.78 is 51.1. The van der Waals surface area contributed by atoms with Gasteiger partial charge in [0.15, 0.2) is 0 Å². The van der Waals surface area contributed by atoms with Crippen LogP contribution in [-0.2, 0) is 29.1 Å². The zero-order chi connectivity index (χ0) is 38.8. The Balaban J connectivity index is 1.34. The highest BCUT2D eigenvalue weighted by Gasteiger charge is 2.62. The van der Waals surface area contributed by atoms with Gasteiger partial charge in [0.1, 0.15) is 35.2 Å². The molecule has 6 rings (SSSR count). The van der Waals surface area contributed by atoms with Gasteiger partial charge in [0.2, 0.25) is 27.7 Å². The zero-order valence-corrected chi connectivity index (χ0v) is 32.3. The van der Waals surface area contributed by atoms with Gasteiger partial charge in [-0.1, -0.05) is 25.0 Å². The zero-order valence-electron chi connectivity index (χ0n) is 31.5. The number of fused-ring (bicyclic) bond motifs is 3. The Morgan fingerprint density at radius 1 is 1.11 bits per heavy atom. The largest absolute Gasteiger partial charge is 0.496 e. The lowest BCUT2D eigenvalue weighted by Crippen LogP contribution is -2.58. The van der Waals surface area contributed by atoms with Crippen LogP contribution in [0, 0.1) is 12.8 Å². The molecule has 15 nitrogen and oxygen atoms in total. The van der Waals surface area contributed by atoms with E-state index in [2.05, 4.69) is 20.3 Å². The molecule has 294 valence electrons. The summed E-state index contributed by atoms with van der Waals surface area (Å²) in [7, 11) is -2.32. The molecule has 3 N–H and O–H groups in total. The molecular weight excluding hydrogens is 719 g/mol. The lowest BCUT2D eigenvalue weighted by molar-refractivity contribution is -0.141. The van der Waals surface area contributed by atoms with E-state index in [0.29, 0.717) is 67.0 Å². The average Bonchev–Trinajstić information content (AvgIpc) is 4.04. The Kier molecular flexibility index (Phi) is 11.6. The van der Waals surface area contributed by atoms with Crippen LogP contribution in [0.2, 0.25) is 0 Å². The van der Waals surface area contributed by atoms with Gasteiger partial charge in [-0.15, -0.1) is 0 Å². The van der Waals surface area contributed by atoms with Gasteiger partial charge < -0.3 is 34.5 Å². The second-order valence-electron chi connectivity index (χ2n) is 14.8. The van der Waals surface area contributed by atoms with Gasteiger partial charge in [0.25, 0.3) is 5.91 Å². The summed E-state index contributed by atoms with van der Waals surface area (Å²) in [5, 5.41) is 5.65. The van der Waals surface area contributed by atoms with E-state index in [-0.39, 0.29) is 19.4 Å². The Bertz CT molecular complexity index is 1910. The van der Waals surface area contributed by atoms with Gasteiger partial charge >= 0.3 is 6.09 Å². The molecule has 3 heterocycles. The highest BCUT2D eigenvalue weighted by molar-refractivity contribution is 7.91. The summed E-state index contributed by atoms with van der Waals surface area (Å²) in [5.41, 5.74) is -0.129. The maximum absolute atomic E-state index is 14.5. The van der Waals surface area contributed by atoms with Crippen molar-refractivity contribution < 1.29 is 46.5 Å². The molecule has 1 aromatic heterocycles. The number of nitrogens with zero attached hydrogens (tertiary/aromatic N) is 2. The lowest BCUT2D eigenvalue weighted by atomic mass is 10.0. The Morgan fingerprint density at radius 3 is 2.59 bits per heavy atom. The summed E-state index contributed by atoms with van der Waals surface area (Å²) in [6.07, 6.45) is 6.31. The number of aromatic nitrogens is 1. The first kappa shape index (κ1) is 39.1. The molecular formula is C38H51N5O10S. The fourth-order valence-corrected chi connectivity index (χ4v) is 8.68. The number of carbonyl (C=O) groups is 4. The van der Waals surface area contributed by atoms with Gasteiger partial charge in [-0.3, -0.25) is 19.1 Å². The van der Waals surface area contributed by atoms with Crippen molar-refractivity contribution in [3.05, 3.63) is 35.9 Å². The van der Waals surface area contributed by atoms with Crippen molar-refractivity contribution in [3.8, 4) is 17.4 Å². The number of benzene rings is 1. The van der Waals surface area contributed by atoms with Gasteiger partial charge in [0.05, 0.1) is 37.1 Å². The molecule has 2 saturated carbocycles. The summed E-state index contributed by atoms with van der Waals surface area (Å²) >= 11 is 0. The van der Waals surface area contributed by atoms with E-state index in [1.807, 2.05) is 38.1 Å². The van der Waals surface area contributed by atoms with Crippen molar-refractivity contribution in [1.29, 1.82) is 0 Å². The van der Waals surface area contributed by atoms with Crippen LogP contribution in [0.1, 0.15) is 84.1 Å². The van der Waals surface area contributed by atoms with Crippen LogP contribution in [0.5, 0.6) is 17.4 Å². The van der Waals surface area contributed by atoms with Crippen molar-refractivity contribution >= 4 is 44.7 Å². The maximum Gasteiger partial charge on any atom is 0.408 e. The number of pyridine rings is 1. The highest BCUT2D eigenvalue weighted by Crippen LogP contribution is 2.46. The number of sulfonamides is 1. The number of hydrogen-bond donors (Lipinski definition) is 3. The fourth-order valence-electron chi connectivity index (χ4n) is 7.31. The Labute approximate surface area is 315 Å². The molecule has 4 aliphatic rings. The van der Waals surface area contributed by atoms with Crippen LogP contribution in [0.15, 0.2) is 30.4 Å². The predicted octanol–water partition coefficient (Wildman–Crippen LogP) is 3.81. The van der Waals surface area contributed by atoms with Crippen molar-refractivity contribution in [1.82, 2.24) is 25.2 Å². The number of allylic oxidation sites excluding steroid dienone is 1. The number of nitrogens with one attached hydrogen (secondary N) is 3. The van der Waals surface area contributed by atoms with E-state index in [0.717, 1.165) is 18.4 Å². The molecule has 2 aliphatic heterocycles. The minimum Gasteiger partial charge on any atom is -0.496 e. The van der Waals surface area contributed by atoms with E-state index < -0.39 is 74.8 Å². The van der Waals surface area contributed by atoms with Crippen molar-refractivity contribution in [3.63, 3.8) is 0 Å². The second kappa shape index (κ2) is 16.0. The number of amides is 4. The van der Waals surface area contributed by atoms with Crippen molar-refractivity contribution in [2.75, 3.05) is 20.3 Å². The maximum atomic E-state index is 14.5. The van der Waals surface area contributed by atoms with E-state index in [1.165, 1.54) is 4.90 Å². The molecule has 0 bridgehead atoms. The van der Waals surface area contributed by atoms with Crippen LogP contribution in [-0.4, -0.2) is 97.5 Å². The van der Waals surface area contributed by atoms with Crippen LogP contribution in [0.25, 0.3) is 10.9 Å². The smallest absolute Gasteiger partial charge is 0.408 e. The molecule has 1 aromatic carbocycles. The van der Waals surface area contributed by atoms with Gasteiger partial charge in [-0.2, -0.15) is 0 Å². The standard InChI is InChI=1S/C38H51N5O10S/c1-6-51-32-19-31(27-16-17-30(50-5)23(4)33(27)40-32)53-25-18-29-34(44)41-38(36(46)42-54(48,49)26-14-15-26)20-24(38)12-10-8-7-9-11-13-28(35(45)43(29)21-25)39-37(47)52-22(2)3/h10,12,16-17,19,22,24-26,28-29H,6-9,11,13-15,18,20-21H2,1-5H3,(H,39,47)(H,41,44)(H,42,46)/b12-10-/t24-,25-,28+,29+,38-/m1/s1. The number of hydrogen-bond acceptors (Lipinski definition) is 11. The van der Waals surface area contributed by atoms with Crippen molar-refractivity contribution in [2.24, 2.45) is 5.92 Å². The Hall–Kier alpha value is -4.60. The van der Waals surface area contributed by atoms with E-state index >= 15 is 0 Å². The molecule has 0 unspecified atom stereocenters. The number of alkyl carbamates (subject to hydrolysis) is 1. The van der Waals surface area contributed by atoms with Crippen LogP contribution in [0.4, 0.5) is 4.79 Å². The first-order valence-electron chi connectivity index (χ1n) is 18.9. The lowest BCUT2D eigenvalue weighted by Gasteiger charge is -2.30. The molecule has 0 spiro atoms. The number of rotatable bonds is 10. The van der Waals surface area contributed by atoms with Gasteiger partial charge in [-0.25, -0.2) is 18.2 Å². The van der Waals surface area contributed by atoms with E-state index in [4.69, 9.17) is 18.9 Å². The van der Waals surface area contributed by atoms with Crippen LogP contribution < -0.4 is 29.6 Å². The fraction of sp³-hybridized carbons (Fsp3) is 0.605. The van der Waals surface area contributed by atoms with Crippen LogP contribution in [0.3, 0.4) is 0 Å². The Morgan fingerprint density at radius 2 is 1.89 bits per heavy atom. The van der Waals surface area contributed by atoms with Crippen LogP contribution >= 0.6 is 0 Å². The summed E-state index contributed by atoms with van der Waals surface area (Å²) in [6.45, 7) is 7.47. The first-order chi connectivity index (χ1) is 25.8. The monoisotopic (exact) mass is 769 g/mol. The quantitative estimate of drug-likeness (QED) is 0.298. The normalized spacial score (nSPS) is 26.7. The first-order valence-corrected chi connectivity index (χ1v) is 20.4. The molecule has 1 saturated heterocycles. The van der Waals surface area contributed by atoms with E-state index in [1.54, 1.807) is 27.0 Å². The topological polar surface area (TPSA) is 192 Å². The van der Waals surface area contributed by atoms with E-state index in [9.17, 15) is 27.6 Å². The third-order valence-electron chi connectivity index (χ3n) is 10.4.